The van der Waals surface area contributed by atoms with Crippen molar-refractivity contribution in [3.8, 4) is 0 Å². The lowest BCUT2D eigenvalue weighted by molar-refractivity contribution is 0.633. The minimum absolute atomic E-state index is 0.227. The fourth-order valence-electron chi connectivity index (χ4n) is 2.63. The van der Waals surface area contributed by atoms with E-state index in [-0.39, 0.29) is 6.04 Å². The van der Waals surface area contributed by atoms with Gasteiger partial charge in [0.05, 0.1) is 16.6 Å². The quantitative estimate of drug-likeness (QED) is 0.578. The van der Waals surface area contributed by atoms with Crippen LogP contribution in [-0.2, 0) is 6.42 Å². The number of alkyl halides is 1. The number of thiophene rings is 1. The SMILES string of the molecule is Cc1ccc(C(C)n2c(CCCl)nc3c(Cl)cccc32)s1. The number of imidazole rings is 1. The highest BCUT2D eigenvalue weighted by molar-refractivity contribution is 7.12. The first kappa shape index (κ1) is 14.9. The van der Waals surface area contributed by atoms with E-state index >= 15 is 0 Å². The Bertz CT molecular complexity index is 776. The number of halogens is 2. The molecule has 0 spiro atoms. The van der Waals surface area contributed by atoms with Crippen molar-refractivity contribution in [2.24, 2.45) is 0 Å². The van der Waals surface area contributed by atoms with Gasteiger partial charge in [0.25, 0.3) is 0 Å². The number of hydrogen-bond acceptors (Lipinski definition) is 2. The van der Waals surface area contributed by atoms with Crippen molar-refractivity contribution in [3.63, 3.8) is 0 Å². The third kappa shape index (κ3) is 2.70. The molecule has 0 aliphatic rings. The van der Waals surface area contributed by atoms with Crippen LogP contribution < -0.4 is 0 Å². The summed E-state index contributed by atoms with van der Waals surface area (Å²) in [6.45, 7) is 4.33. The molecule has 0 N–H and O–H groups in total. The minimum Gasteiger partial charge on any atom is -0.320 e. The number of benzene rings is 1. The fourth-order valence-corrected chi connectivity index (χ4v) is 3.93. The van der Waals surface area contributed by atoms with Gasteiger partial charge in [-0.15, -0.1) is 22.9 Å². The molecule has 21 heavy (non-hydrogen) atoms. The standard InChI is InChI=1S/C16H16Cl2N2S/c1-10-6-7-14(21-10)11(2)20-13-5-3-4-12(18)16(13)19-15(20)8-9-17/h3-7,11H,8-9H2,1-2H3. The third-order valence-corrected chi connectivity index (χ3v) is 5.29. The fraction of sp³-hybridized carbons (Fsp3) is 0.312. The maximum atomic E-state index is 6.29. The molecule has 3 aromatic rings. The Morgan fingerprint density at radius 2 is 2.10 bits per heavy atom. The van der Waals surface area contributed by atoms with E-state index in [0.717, 1.165) is 23.3 Å². The van der Waals surface area contributed by atoms with Gasteiger partial charge < -0.3 is 4.57 Å². The Balaban J connectivity index is 2.19. The highest BCUT2D eigenvalue weighted by Gasteiger charge is 2.19. The van der Waals surface area contributed by atoms with Crippen LogP contribution in [0.5, 0.6) is 0 Å². The van der Waals surface area contributed by atoms with Gasteiger partial charge in [-0.2, -0.15) is 0 Å². The third-order valence-electron chi connectivity index (χ3n) is 3.62. The van der Waals surface area contributed by atoms with Gasteiger partial charge in [-0.25, -0.2) is 4.98 Å². The Hall–Kier alpha value is -1.03. The van der Waals surface area contributed by atoms with Gasteiger partial charge in [0.2, 0.25) is 0 Å². The molecule has 1 aromatic carbocycles. The smallest absolute Gasteiger partial charge is 0.111 e. The van der Waals surface area contributed by atoms with Crippen molar-refractivity contribution in [2.75, 3.05) is 5.88 Å². The van der Waals surface area contributed by atoms with Crippen molar-refractivity contribution in [3.05, 3.63) is 50.9 Å². The van der Waals surface area contributed by atoms with Gasteiger partial charge >= 0.3 is 0 Å². The number of hydrogen-bond donors (Lipinski definition) is 0. The molecule has 2 heterocycles. The van der Waals surface area contributed by atoms with Crippen molar-refractivity contribution < 1.29 is 0 Å². The van der Waals surface area contributed by atoms with Gasteiger partial charge in [0.15, 0.2) is 0 Å². The normalized spacial score (nSPS) is 13.0. The maximum absolute atomic E-state index is 6.29. The van der Waals surface area contributed by atoms with Crippen LogP contribution in [0.2, 0.25) is 5.02 Å². The largest absolute Gasteiger partial charge is 0.320 e. The molecule has 0 saturated heterocycles. The van der Waals surface area contributed by atoms with E-state index in [1.165, 1.54) is 9.75 Å². The molecule has 1 unspecified atom stereocenters. The lowest BCUT2D eigenvalue weighted by atomic mass is 10.2. The van der Waals surface area contributed by atoms with Crippen molar-refractivity contribution in [2.45, 2.75) is 26.3 Å². The van der Waals surface area contributed by atoms with Crippen molar-refractivity contribution >= 4 is 45.6 Å². The molecule has 0 bridgehead atoms. The zero-order valence-electron chi connectivity index (χ0n) is 11.9. The van der Waals surface area contributed by atoms with Crippen LogP contribution in [0.25, 0.3) is 11.0 Å². The second-order valence-corrected chi connectivity index (χ2v) is 7.17. The zero-order valence-corrected chi connectivity index (χ0v) is 14.3. The molecular weight excluding hydrogens is 323 g/mol. The summed E-state index contributed by atoms with van der Waals surface area (Å²) in [5.41, 5.74) is 1.93. The number of para-hydroxylation sites is 1. The van der Waals surface area contributed by atoms with Crippen LogP contribution in [0, 0.1) is 6.92 Å². The Kier molecular flexibility index (Phi) is 4.25. The molecule has 0 amide bonds. The van der Waals surface area contributed by atoms with Gasteiger partial charge in [0.1, 0.15) is 11.3 Å². The summed E-state index contributed by atoms with van der Waals surface area (Å²) in [7, 11) is 0. The van der Waals surface area contributed by atoms with E-state index < -0.39 is 0 Å². The van der Waals surface area contributed by atoms with Crippen LogP contribution in [0.15, 0.2) is 30.3 Å². The molecule has 0 aliphatic carbocycles. The molecule has 110 valence electrons. The van der Waals surface area contributed by atoms with Gasteiger partial charge in [-0.1, -0.05) is 17.7 Å². The summed E-state index contributed by atoms with van der Waals surface area (Å²) < 4.78 is 2.26. The molecule has 0 aliphatic heterocycles. The van der Waals surface area contributed by atoms with E-state index in [1.54, 1.807) is 0 Å². The molecule has 0 fully saturated rings. The average molecular weight is 339 g/mol. The predicted molar refractivity (Wildman–Crippen MR) is 92.0 cm³/mol. The summed E-state index contributed by atoms with van der Waals surface area (Å²) in [6.07, 6.45) is 0.737. The first-order valence-corrected chi connectivity index (χ1v) is 8.62. The lowest BCUT2D eigenvalue weighted by Gasteiger charge is -2.16. The molecule has 0 radical (unpaired) electrons. The first-order valence-electron chi connectivity index (χ1n) is 6.89. The summed E-state index contributed by atoms with van der Waals surface area (Å²) in [4.78, 5) is 7.35. The molecule has 1 atom stereocenters. The van der Waals surface area contributed by atoms with Crippen molar-refractivity contribution in [1.82, 2.24) is 9.55 Å². The van der Waals surface area contributed by atoms with E-state index in [9.17, 15) is 0 Å². The number of rotatable bonds is 4. The molecule has 5 heteroatoms. The summed E-state index contributed by atoms with van der Waals surface area (Å²) in [5.74, 6) is 1.54. The molecule has 2 aromatic heterocycles. The number of fused-ring (bicyclic) bond motifs is 1. The summed E-state index contributed by atoms with van der Waals surface area (Å²) >= 11 is 14.1. The van der Waals surface area contributed by atoms with E-state index in [1.807, 2.05) is 23.5 Å². The molecule has 2 nitrogen and oxygen atoms in total. The second kappa shape index (κ2) is 5.99. The average Bonchev–Trinajstić information content (AvgIpc) is 3.03. The Labute approximate surface area is 138 Å². The van der Waals surface area contributed by atoms with Gasteiger partial charge in [0, 0.05) is 22.1 Å². The Morgan fingerprint density at radius 3 is 2.76 bits per heavy atom. The van der Waals surface area contributed by atoms with Gasteiger partial charge in [-0.3, -0.25) is 0 Å². The summed E-state index contributed by atoms with van der Waals surface area (Å²) in [6, 6.07) is 10.5. The highest BCUT2D eigenvalue weighted by Crippen LogP contribution is 2.32. The second-order valence-electron chi connectivity index (χ2n) is 5.07. The lowest BCUT2D eigenvalue weighted by Crippen LogP contribution is -2.10. The number of aromatic nitrogens is 2. The maximum Gasteiger partial charge on any atom is 0.111 e. The zero-order chi connectivity index (χ0) is 15.0. The highest BCUT2D eigenvalue weighted by atomic mass is 35.5. The van der Waals surface area contributed by atoms with E-state index in [4.69, 9.17) is 28.2 Å². The van der Waals surface area contributed by atoms with Crippen molar-refractivity contribution in [1.29, 1.82) is 0 Å². The first-order chi connectivity index (χ1) is 10.1. The summed E-state index contributed by atoms with van der Waals surface area (Å²) in [5, 5.41) is 0.691. The minimum atomic E-state index is 0.227. The Morgan fingerprint density at radius 1 is 1.29 bits per heavy atom. The molecular formula is C16H16Cl2N2S. The van der Waals surface area contributed by atoms with Crippen LogP contribution >= 0.6 is 34.5 Å². The number of aryl methyl sites for hydroxylation is 2. The topological polar surface area (TPSA) is 17.8 Å². The molecule has 0 saturated carbocycles. The van der Waals surface area contributed by atoms with E-state index in [2.05, 4.69) is 36.6 Å². The van der Waals surface area contributed by atoms with Crippen LogP contribution in [0.3, 0.4) is 0 Å². The van der Waals surface area contributed by atoms with Crippen LogP contribution in [0.4, 0.5) is 0 Å². The van der Waals surface area contributed by atoms with Gasteiger partial charge in [-0.05, 0) is 38.1 Å². The predicted octanol–water partition coefficient (Wildman–Crippen LogP) is 5.45. The van der Waals surface area contributed by atoms with Crippen LogP contribution in [-0.4, -0.2) is 15.4 Å². The van der Waals surface area contributed by atoms with E-state index in [0.29, 0.717) is 10.9 Å². The monoisotopic (exact) mass is 338 g/mol. The molecule has 3 rings (SSSR count). The number of nitrogens with zero attached hydrogens (tertiary/aromatic N) is 2. The van der Waals surface area contributed by atoms with Crippen LogP contribution in [0.1, 0.15) is 28.5 Å².